The number of ether oxygens (including phenoxy) is 1. The first-order valence-corrected chi connectivity index (χ1v) is 9.56. The number of hydrogen-bond acceptors (Lipinski definition) is 4. The number of Topliss-reactive ketones (excluding diaryl/α,β-unsaturated/α-hetero) is 1. The third-order valence-corrected chi connectivity index (χ3v) is 5.56. The number of allylic oxidation sites excluding steroid dienone is 3. The van der Waals surface area contributed by atoms with Gasteiger partial charge in [0.05, 0.1) is 22.2 Å². The Kier molecular flexibility index (Phi) is 5.73. The van der Waals surface area contributed by atoms with Gasteiger partial charge >= 0.3 is 5.97 Å². The number of halogens is 2. The molecule has 138 valence electrons. The zero-order chi connectivity index (χ0) is 18.8. The molecule has 0 saturated carbocycles. The van der Waals surface area contributed by atoms with Crippen molar-refractivity contribution in [2.75, 3.05) is 6.61 Å². The normalized spacial score (nSPS) is 20.0. The van der Waals surface area contributed by atoms with Gasteiger partial charge < -0.3 is 10.1 Å². The van der Waals surface area contributed by atoms with Crippen LogP contribution in [0.1, 0.15) is 51.0 Å². The van der Waals surface area contributed by atoms with Crippen LogP contribution in [0.4, 0.5) is 0 Å². The minimum atomic E-state index is -0.561. The quantitative estimate of drug-likeness (QED) is 0.737. The van der Waals surface area contributed by atoms with Gasteiger partial charge in [-0.2, -0.15) is 0 Å². The second-order valence-electron chi connectivity index (χ2n) is 6.54. The molecule has 2 aliphatic rings. The number of hydrogen-bond donors (Lipinski definition) is 1. The number of ketones is 1. The molecule has 1 aromatic rings. The van der Waals surface area contributed by atoms with Crippen molar-refractivity contribution in [2.45, 2.75) is 45.4 Å². The summed E-state index contributed by atoms with van der Waals surface area (Å²) in [5, 5.41) is 4.01. The molecule has 4 nitrogen and oxygen atoms in total. The van der Waals surface area contributed by atoms with Crippen LogP contribution in [-0.2, 0) is 14.3 Å². The Morgan fingerprint density at radius 2 is 2.08 bits per heavy atom. The molecule has 0 saturated heterocycles. The molecular weight excluding hydrogens is 373 g/mol. The van der Waals surface area contributed by atoms with Crippen LogP contribution in [-0.4, -0.2) is 18.4 Å². The summed E-state index contributed by atoms with van der Waals surface area (Å²) in [6.45, 7) is 4.09. The molecule has 1 aliphatic heterocycles. The highest BCUT2D eigenvalue weighted by Crippen LogP contribution is 2.45. The molecule has 0 bridgehead atoms. The average molecular weight is 394 g/mol. The van der Waals surface area contributed by atoms with Crippen LogP contribution >= 0.6 is 23.2 Å². The van der Waals surface area contributed by atoms with E-state index in [1.54, 1.807) is 12.1 Å². The second kappa shape index (κ2) is 7.85. The fourth-order valence-electron chi connectivity index (χ4n) is 3.58. The van der Waals surface area contributed by atoms with Crippen LogP contribution in [0.2, 0.25) is 10.0 Å². The number of carbonyl (C=O) groups excluding carboxylic acids is 2. The summed E-state index contributed by atoms with van der Waals surface area (Å²) in [5.74, 6) is -0.953. The van der Waals surface area contributed by atoms with Gasteiger partial charge in [-0.3, -0.25) is 4.79 Å². The lowest BCUT2D eigenvalue weighted by molar-refractivity contribution is -0.139. The molecule has 26 heavy (non-hydrogen) atoms. The summed E-state index contributed by atoms with van der Waals surface area (Å²) >= 11 is 12.7. The number of esters is 1. The van der Waals surface area contributed by atoms with Crippen LogP contribution in [0.3, 0.4) is 0 Å². The standard InChI is InChI=1S/C20H21Cl2NO3/c1-3-10-26-20(25)16-11(2)23-14-8-5-9-15(24)18(14)17(16)12-6-4-7-13(21)19(12)22/h4,6-7,17,23H,3,5,8-10H2,1-2H3/t17-/m0/s1. The Bertz CT molecular complexity index is 826. The van der Waals surface area contributed by atoms with Crippen molar-refractivity contribution >= 4 is 35.0 Å². The highest BCUT2D eigenvalue weighted by atomic mass is 35.5. The molecule has 0 radical (unpaired) electrons. The van der Waals surface area contributed by atoms with E-state index in [0.29, 0.717) is 45.5 Å². The average Bonchev–Trinajstić information content (AvgIpc) is 2.61. The van der Waals surface area contributed by atoms with E-state index in [9.17, 15) is 9.59 Å². The van der Waals surface area contributed by atoms with E-state index >= 15 is 0 Å². The van der Waals surface area contributed by atoms with Crippen molar-refractivity contribution in [1.29, 1.82) is 0 Å². The van der Waals surface area contributed by atoms with Gasteiger partial charge in [0.15, 0.2) is 5.78 Å². The Hall–Kier alpha value is -1.78. The lowest BCUT2D eigenvalue weighted by Crippen LogP contribution is -2.34. The van der Waals surface area contributed by atoms with E-state index in [2.05, 4.69) is 5.32 Å². The van der Waals surface area contributed by atoms with Crippen LogP contribution in [0.15, 0.2) is 40.7 Å². The Labute approximate surface area is 163 Å². The molecule has 0 fully saturated rings. The van der Waals surface area contributed by atoms with Crippen molar-refractivity contribution < 1.29 is 14.3 Å². The first-order valence-electron chi connectivity index (χ1n) is 8.80. The summed E-state index contributed by atoms with van der Waals surface area (Å²) in [6.07, 6.45) is 2.75. The number of benzene rings is 1. The van der Waals surface area contributed by atoms with Crippen molar-refractivity contribution in [1.82, 2.24) is 5.32 Å². The van der Waals surface area contributed by atoms with Crippen LogP contribution < -0.4 is 5.32 Å². The van der Waals surface area contributed by atoms with Crippen molar-refractivity contribution in [3.05, 3.63) is 56.3 Å². The molecule has 1 N–H and O–H groups in total. The van der Waals surface area contributed by atoms with Gasteiger partial charge in [0.2, 0.25) is 0 Å². The van der Waals surface area contributed by atoms with Crippen molar-refractivity contribution in [3.8, 4) is 0 Å². The smallest absolute Gasteiger partial charge is 0.336 e. The number of dihydropyridines is 1. The topological polar surface area (TPSA) is 55.4 Å². The zero-order valence-electron chi connectivity index (χ0n) is 14.8. The van der Waals surface area contributed by atoms with Gasteiger partial charge in [-0.25, -0.2) is 4.79 Å². The van der Waals surface area contributed by atoms with Gasteiger partial charge in [0.1, 0.15) is 0 Å². The predicted octanol–water partition coefficient (Wildman–Crippen LogP) is 4.91. The Morgan fingerprint density at radius 3 is 2.81 bits per heavy atom. The minimum Gasteiger partial charge on any atom is -0.462 e. The van der Waals surface area contributed by atoms with Crippen molar-refractivity contribution in [2.24, 2.45) is 0 Å². The summed E-state index contributed by atoms with van der Waals surface area (Å²) in [6, 6.07) is 5.29. The highest BCUT2D eigenvalue weighted by Gasteiger charge is 2.40. The van der Waals surface area contributed by atoms with E-state index in [1.807, 2.05) is 19.9 Å². The molecule has 1 heterocycles. The molecule has 0 amide bonds. The van der Waals surface area contributed by atoms with Gasteiger partial charge in [0, 0.05) is 29.3 Å². The maximum atomic E-state index is 12.8. The molecule has 0 aromatic heterocycles. The highest BCUT2D eigenvalue weighted by molar-refractivity contribution is 6.42. The molecule has 3 rings (SSSR count). The van der Waals surface area contributed by atoms with Crippen molar-refractivity contribution in [3.63, 3.8) is 0 Å². The molecule has 1 aliphatic carbocycles. The lowest BCUT2D eigenvalue weighted by Gasteiger charge is -2.34. The lowest BCUT2D eigenvalue weighted by atomic mass is 9.75. The molecule has 0 spiro atoms. The fourth-order valence-corrected chi connectivity index (χ4v) is 4.00. The van der Waals surface area contributed by atoms with Gasteiger partial charge in [-0.05, 0) is 37.8 Å². The zero-order valence-corrected chi connectivity index (χ0v) is 16.3. The van der Waals surface area contributed by atoms with Gasteiger partial charge in [-0.1, -0.05) is 42.3 Å². The fraction of sp³-hybridized carbons (Fsp3) is 0.400. The van der Waals surface area contributed by atoms with E-state index in [1.165, 1.54) is 0 Å². The number of carbonyl (C=O) groups is 2. The molecule has 1 aromatic carbocycles. The van der Waals surface area contributed by atoms with Gasteiger partial charge in [-0.15, -0.1) is 0 Å². The first-order chi connectivity index (χ1) is 12.5. The van der Waals surface area contributed by atoms with E-state index in [-0.39, 0.29) is 5.78 Å². The summed E-state index contributed by atoms with van der Waals surface area (Å²) in [5.41, 5.74) is 3.25. The maximum Gasteiger partial charge on any atom is 0.336 e. The van der Waals surface area contributed by atoms with Crippen LogP contribution in [0, 0.1) is 0 Å². The molecule has 6 heteroatoms. The SMILES string of the molecule is CCCOC(=O)C1=C(C)NC2=C(C(=O)CCC2)[C@H]1c1cccc(Cl)c1Cl. The second-order valence-corrected chi connectivity index (χ2v) is 7.33. The molecule has 0 unspecified atom stereocenters. The molecule has 1 atom stereocenters. The van der Waals surface area contributed by atoms with Gasteiger partial charge in [0.25, 0.3) is 0 Å². The maximum absolute atomic E-state index is 12.8. The largest absolute Gasteiger partial charge is 0.462 e. The Morgan fingerprint density at radius 1 is 1.31 bits per heavy atom. The van der Waals surface area contributed by atoms with E-state index in [0.717, 1.165) is 25.0 Å². The van der Waals surface area contributed by atoms with E-state index in [4.69, 9.17) is 27.9 Å². The summed E-state index contributed by atoms with van der Waals surface area (Å²) in [7, 11) is 0. The Balaban J connectivity index is 2.17. The minimum absolute atomic E-state index is 0.0353. The monoisotopic (exact) mass is 393 g/mol. The number of rotatable bonds is 4. The third-order valence-electron chi connectivity index (χ3n) is 4.73. The van der Waals surface area contributed by atoms with Crippen LogP contribution in [0.5, 0.6) is 0 Å². The van der Waals surface area contributed by atoms with Crippen LogP contribution in [0.25, 0.3) is 0 Å². The third kappa shape index (κ3) is 3.40. The van der Waals surface area contributed by atoms with E-state index < -0.39 is 11.9 Å². The summed E-state index contributed by atoms with van der Waals surface area (Å²) < 4.78 is 5.39. The number of nitrogens with one attached hydrogen (secondary N) is 1. The predicted molar refractivity (Wildman–Crippen MR) is 102 cm³/mol. The first kappa shape index (κ1) is 19.0. The summed E-state index contributed by atoms with van der Waals surface area (Å²) in [4.78, 5) is 25.5. The molecular formula is C20H21Cl2NO3.